The number of anilines is 1. The van der Waals surface area contributed by atoms with E-state index in [4.69, 9.17) is 0 Å². The highest BCUT2D eigenvalue weighted by molar-refractivity contribution is 9.10. The van der Waals surface area contributed by atoms with E-state index in [1.54, 1.807) is 24.4 Å². The van der Waals surface area contributed by atoms with Crippen LogP contribution in [0.2, 0.25) is 0 Å². The van der Waals surface area contributed by atoms with E-state index in [9.17, 15) is 4.79 Å². The molecule has 4 nitrogen and oxygen atoms in total. The number of rotatable bonds is 3. The highest BCUT2D eigenvalue weighted by Crippen LogP contribution is 2.13. The van der Waals surface area contributed by atoms with Crippen LogP contribution < -0.4 is 5.32 Å². The van der Waals surface area contributed by atoms with Crippen LogP contribution in [0.4, 0.5) is 5.82 Å². The standard InChI is InChI=1S/C16H12BrN3O/c17-13-5-8-15(18-11-13)19-16(21)12-3-6-14(7-4-12)20-9-1-2-10-20/h1-11H,(H,18,19,21). The fourth-order valence-electron chi connectivity index (χ4n) is 1.93. The van der Waals surface area contributed by atoms with E-state index in [0.29, 0.717) is 11.4 Å². The molecule has 1 aromatic carbocycles. The average Bonchev–Trinajstić information content (AvgIpc) is 3.04. The van der Waals surface area contributed by atoms with Crippen LogP contribution in [0.25, 0.3) is 5.69 Å². The Labute approximate surface area is 130 Å². The Hall–Kier alpha value is -2.40. The van der Waals surface area contributed by atoms with E-state index < -0.39 is 0 Å². The highest BCUT2D eigenvalue weighted by atomic mass is 79.9. The van der Waals surface area contributed by atoms with Gasteiger partial charge in [-0.2, -0.15) is 0 Å². The summed E-state index contributed by atoms with van der Waals surface area (Å²) in [5.41, 5.74) is 1.61. The maximum atomic E-state index is 12.1. The minimum atomic E-state index is -0.177. The molecule has 0 radical (unpaired) electrons. The fourth-order valence-corrected chi connectivity index (χ4v) is 2.16. The molecule has 3 rings (SSSR count). The minimum absolute atomic E-state index is 0.177. The molecule has 0 fully saturated rings. The van der Waals surface area contributed by atoms with E-state index in [1.807, 2.05) is 47.3 Å². The molecule has 5 heteroatoms. The lowest BCUT2D eigenvalue weighted by Gasteiger charge is -2.06. The lowest BCUT2D eigenvalue weighted by molar-refractivity contribution is 0.102. The maximum Gasteiger partial charge on any atom is 0.256 e. The number of nitrogens with one attached hydrogen (secondary N) is 1. The number of halogens is 1. The number of aromatic nitrogens is 2. The second kappa shape index (κ2) is 5.93. The number of amides is 1. The monoisotopic (exact) mass is 341 g/mol. The third-order valence-corrected chi connectivity index (χ3v) is 3.47. The molecular weight excluding hydrogens is 330 g/mol. The Morgan fingerprint density at radius 3 is 2.38 bits per heavy atom. The molecule has 2 aromatic heterocycles. The summed E-state index contributed by atoms with van der Waals surface area (Å²) in [7, 11) is 0. The zero-order valence-electron chi connectivity index (χ0n) is 11.0. The van der Waals surface area contributed by atoms with Gasteiger partial charge in [0.15, 0.2) is 0 Å². The average molecular weight is 342 g/mol. The Bertz CT molecular complexity index is 734. The van der Waals surface area contributed by atoms with Gasteiger partial charge in [-0.05, 0) is 64.5 Å². The van der Waals surface area contributed by atoms with Crippen LogP contribution in [0.5, 0.6) is 0 Å². The molecule has 2 heterocycles. The van der Waals surface area contributed by atoms with Crippen molar-refractivity contribution in [3.05, 3.63) is 77.2 Å². The molecule has 0 aliphatic heterocycles. The van der Waals surface area contributed by atoms with Crippen molar-refractivity contribution in [1.29, 1.82) is 0 Å². The molecule has 0 spiro atoms. The van der Waals surface area contributed by atoms with Gasteiger partial charge in [0, 0.05) is 34.3 Å². The van der Waals surface area contributed by atoms with Crippen LogP contribution in [0.3, 0.4) is 0 Å². The van der Waals surface area contributed by atoms with Crippen molar-refractivity contribution in [3.8, 4) is 5.69 Å². The van der Waals surface area contributed by atoms with Gasteiger partial charge in [0.25, 0.3) is 5.91 Å². The molecule has 21 heavy (non-hydrogen) atoms. The second-order valence-electron chi connectivity index (χ2n) is 4.45. The number of hydrogen-bond donors (Lipinski definition) is 1. The van der Waals surface area contributed by atoms with Crippen molar-refractivity contribution in [2.24, 2.45) is 0 Å². The molecule has 0 aliphatic carbocycles. The molecule has 0 saturated heterocycles. The second-order valence-corrected chi connectivity index (χ2v) is 5.37. The van der Waals surface area contributed by atoms with E-state index in [-0.39, 0.29) is 5.91 Å². The molecule has 0 atom stereocenters. The van der Waals surface area contributed by atoms with Gasteiger partial charge in [0.2, 0.25) is 0 Å². The first-order chi connectivity index (χ1) is 10.2. The Balaban J connectivity index is 1.74. The lowest BCUT2D eigenvalue weighted by Crippen LogP contribution is -2.12. The number of hydrogen-bond acceptors (Lipinski definition) is 2. The zero-order chi connectivity index (χ0) is 14.7. The molecule has 0 saturated carbocycles. The zero-order valence-corrected chi connectivity index (χ0v) is 12.6. The van der Waals surface area contributed by atoms with Crippen LogP contribution in [0.15, 0.2) is 71.6 Å². The van der Waals surface area contributed by atoms with Crippen molar-refractivity contribution >= 4 is 27.7 Å². The van der Waals surface area contributed by atoms with Gasteiger partial charge < -0.3 is 9.88 Å². The molecule has 0 aliphatic rings. The predicted molar refractivity (Wildman–Crippen MR) is 85.7 cm³/mol. The van der Waals surface area contributed by atoms with E-state index in [0.717, 1.165) is 10.2 Å². The highest BCUT2D eigenvalue weighted by Gasteiger charge is 2.07. The molecule has 0 bridgehead atoms. The van der Waals surface area contributed by atoms with Crippen LogP contribution in [0.1, 0.15) is 10.4 Å². The topological polar surface area (TPSA) is 46.9 Å². The quantitative estimate of drug-likeness (QED) is 0.785. The van der Waals surface area contributed by atoms with Gasteiger partial charge in [-0.3, -0.25) is 4.79 Å². The summed E-state index contributed by atoms with van der Waals surface area (Å²) in [5, 5.41) is 2.76. The molecular formula is C16H12BrN3O. The predicted octanol–water partition coefficient (Wildman–Crippen LogP) is 3.89. The minimum Gasteiger partial charge on any atom is -0.324 e. The van der Waals surface area contributed by atoms with Gasteiger partial charge in [-0.1, -0.05) is 0 Å². The number of pyridine rings is 1. The normalized spacial score (nSPS) is 10.3. The largest absolute Gasteiger partial charge is 0.324 e. The first kappa shape index (κ1) is 13.6. The summed E-state index contributed by atoms with van der Waals surface area (Å²) in [6.45, 7) is 0. The Morgan fingerprint density at radius 1 is 1.05 bits per heavy atom. The first-order valence-corrected chi connectivity index (χ1v) is 7.18. The van der Waals surface area contributed by atoms with Gasteiger partial charge in [-0.25, -0.2) is 4.98 Å². The molecule has 104 valence electrons. The van der Waals surface area contributed by atoms with Gasteiger partial charge >= 0.3 is 0 Å². The SMILES string of the molecule is O=C(Nc1ccc(Br)cn1)c1ccc(-n2cccc2)cc1. The molecule has 3 aromatic rings. The van der Waals surface area contributed by atoms with Crippen molar-refractivity contribution < 1.29 is 4.79 Å². The number of nitrogens with zero attached hydrogens (tertiary/aromatic N) is 2. The number of carbonyl (C=O) groups is 1. The molecule has 1 amide bonds. The van der Waals surface area contributed by atoms with Crippen molar-refractivity contribution in [1.82, 2.24) is 9.55 Å². The fraction of sp³-hybridized carbons (Fsp3) is 0. The summed E-state index contributed by atoms with van der Waals surface area (Å²) in [5.74, 6) is 0.349. The molecule has 1 N–H and O–H groups in total. The van der Waals surface area contributed by atoms with Crippen molar-refractivity contribution in [2.45, 2.75) is 0 Å². The smallest absolute Gasteiger partial charge is 0.256 e. The van der Waals surface area contributed by atoms with Crippen LogP contribution in [-0.2, 0) is 0 Å². The van der Waals surface area contributed by atoms with Gasteiger partial charge in [-0.15, -0.1) is 0 Å². The van der Waals surface area contributed by atoms with Crippen LogP contribution in [-0.4, -0.2) is 15.5 Å². The summed E-state index contributed by atoms with van der Waals surface area (Å²) < 4.78 is 2.86. The van der Waals surface area contributed by atoms with Crippen LogP contribution in [0, 0.1) is 0 Å². The Morgan fingerprint density at radius 2 is 1.76 bits per heavy atom. The van der Waals surface area contributed by atoms with Gasteiger partial charge in [0.1, 0.15) is 5.82 Å². The van der Waals surface area contributed by atoms with Crippen molar-refractivity contribution in [2.75, 3.05) is 5.32 Å². The maximum absolute atomic E-state index is 12.1. The van der Waals surface area contributed by atoms with E-state index >= 15 is 0 Å². The third-order valence-electron chi connectivity index (χ3n) is 3.00. The van der Waals surface area contributed by atoms with Crippen molar-refractivity contribution in [3.63, 3.8) is 0 Å². The van der Waals surface area contributed by atoms with Crippen LogP contribution >= 0.6 is 15.9 Å². The van der Waals surface area contributed by atoms with Gasteiger partial charge in [0.05, 0.1) is 0 Å². The third kappa shape index (κ3) is 3.20. The summed E-state index contributed by atoms with van der Waals surface area (Å²) in [4.78, 5) is 16.2. The Kier molecular flexibility index (Phi) is 3.83. The first-order valence-electron chi connectivity index (χ1n) is 6.39. The lowest BCUT2D eigenvalue weighted by atomic mass is 10.2. The summed E-state index contributed by atoms with van der Waals surface area (Å²) in [6, 6.07) is 14.9. The summed E-state index contributed by atoms with van der Waals surface area (Å²) >= 11 is 3.31. The van der Waals surface area contributed by atoms with E-state index in [1.165, 1.54) is 0 Å². The molecule has 0 unspecified atom stereocenters. The number of carbonyl (C=O) groups excluding carboxylic acids is 1. The number of benzene rings is 1. The summed E-state index contributed by atoms with van der Waals surface area (Å²) in [6.07, 6.45) is 5.56. The van der Waals surface area contributed by atoms with E-state index in [2.05, 4.69) is 26.2 Å².